The highest BCUT2D eigenvalue weighted by Gasteiger charge is 2.04. The molecule has 0 saturated heterocycles. The summed E-state index contributed by atoms with van der Waals surface area (Å²) in [6.45, 7) is 1.07. The number of hydrogen-bond acceptors (Lipinski definition) is 5. The molecule has 1 aromatic heterocycles. The van der Waals surface area contributed by atoms with Gasteiger partial charge in [-0.2, -0.15) is 0 Å². The average molecular weight is 265 g/mol. The molecule has 1 aromatic carbocycles. The highest BCUT2D eigenvalue weighted by atomic mass is 19.2. The molecule has 0 atom stereocenters. The van der Waals surface area contributed by atoms with Gasteiger partial charge < -0.3 is 16.4 Å². The Morgan fingerprint density at radius 1 is 1.05 bits per heavy atom. The minimum absolute atomic E-state index is 0.405. The molecule has 4 N–H and O–H groups in total. The molecule has 7 heteroatoms. The molecule has 0 spiro atoms. The quantitative estimate of drug-likeness (QED) is 0.769. The van der Waals surface area contributed by atoms with E-state index in [4.69, 9.17) is 5.73 Å². The van der Waals surface area contributed by atoms with Gasteiger partial charge >= 0.3 is 0 Å². The van der Waals surface area contributed by atoms with Gasteiger partial charge in [-0.3, -0.25) is 0 Å². The molecule has 0 aliphatic rings. The average Bonchev–Trinajstić information content (AvgIpc) is 2.41. The van der Waals surface area contributed by atoms with Gasteiger partial charge in [0.2, 0.25) is 0 Å². The molecule has 2 rings (SSSR count). The van der Waals surface area contributed by atoms with Crippen LogP contribution in [-0.2, 0) is 0 Å². The molecule has 1 heterocycles. The molecule has 19 heavy (non-hydrogen) atoms. The van der Waals surface area contributed by atoms with E-state index in [9.17, 15) is 8.78 Å². The summed E-state index contributed by atoms with van der Waals surface area (Å²) in [4.78, 5) is 7.98. The van der Waals surface area contributed by atoms with Crippen molar-refractivity contribution in [2.45, 2.75) is 0 Å². The topological polar surface area (TPSA) is 75.9 Å². The van der Waals surface area contributed by atoms with Gasteiger partial charge in [0.25, 0.3) is 0 Å². The van der Waals surface area contributed by atoms with Gasteiger partial charge in [0.05, 0.1) is 0 Å². The lowest BCUT2D eigenvalue weighted by molar-refractivity contribution is 0.509. The van der Waals surface area contributed by atoms with Crippen molar-refractivity contribution in [2.24, 2.45) is 5.73 Å². The van der Waals surface area contributed by atoms with E-state index in [1.165, 1.54) is 12.4 Å². The molecule has 0 amide bonds. The van der Waals surface area contributed by atoms with Crippen LogP contribution in [0.25, 0.3) is 0 Å². The van der Waals surface area contributed by atoms with Crippen molar-refractivity contribution in [3.05, 3.63) is 42.2 Å². The lowest BCUT2D eigenvalue weighted by Gasteiger charge is -2.08. The van der Waals surface area contributed by atoms with Crippen molar-refractivity contribution in [1.82, 2.24) is 9.97 Å². The standard InChI is InChI=1S/C12H13F2N5/c13-9-2-1-8(5-10(9)14)19-12-6-11(16-4-3-15)17-7-18-12/h1-2,5-7H,3-4,15H2,(H2,16,17,18,19). The largest absolute Gasteiger partial charge is 0.369 e. The molecule has 100 valence electrons. The van der Waals surface area contributed by atoms with Crippen LogP contribution in [0.4, 0.5) is 26.1 Å². The second-order valence-electron chi connectivity index (χ2n) is 3.76. The number of anilines is 3. The summed E-state index contributed by atoms with van der Waals surface area (Å²) in [6, 6.07) is 5.18. The van der Waals surface area contributed by atoms with Crippen LogP contribution in [0, 0.1) is 11.6 Å². The first-order valence-corrected chi connectivity index (χ1v) is 5.67. The summed E-state index contributed by atoms with van der Waals surface area (Å²) in [5.74, 6) is -0.731. The number of nitrogens with zero attached hydrogens (tertiary/aromatic N) is 2. The fourth-order valence-corrected chi connectivity index (χ4v) is 1.44. The normalized spacial score (nSPS) is 10.3. The molecule has 0 saturated carbocycles. The van der Waals surface area contributed by atoms with Crippen LogP contribution in [0.1, 0.15) is 0 Å². The molecular formula is C12H13F2N5. The first kappa shape index (κ1) is 13.2. The Hall–Kier alpha value is -2.28. The van der Waals surface area contributed by atoms with Crippen molar-refractivity contribution >= 4 is 17.3 Å². The van der Waals surface area contributed by atoms with Gasteiger partial charge in [0, 0.05) is 30.9 Å². The Morgan fingerprint density at radius 2 is 1.84 bits per heavy atom. The Bertz CT molecular complexity index is 562. The van der Waals surface area contributed by atoms with E-state index in [1.807, 2.05) is 0 Å². The van der Waals surface area contributed by atoms with Crippen LogP contribution in [0.5, 0.6) is 0 Å². The fourth-order valence-electron chi connectivity index (χ4n) is 1.44. The smallest absolute Gasteiger partial charge is 0.160 e. The number of benzene rings is 1. The molecule has 0 aliphatic heterocycles. The number of nitrogens with two attached hydrogens (primary N) is 1. The zero-order valence-electron chi connectivity index (χ0n) is 10.0. The minimum atomic E-state index is -0.916. The van der Waals surface area contributed by atoms with Crippen LogP contribution < -0.4 is 16.4 Å². The SMILES string of the molecule is NCCNc1cc(Nc2ccc(F)c(F)c2)ncn1. The van der Waals surface area contributed by atoms with Gasteiger partial charge in [0.15, 0.2) is 11.6 Å². The molecule has 0 radical (unpaired) electrons. The van der Waals surface area contributed by atoms with Gasteiger partial charge in [-0.05, 0) is 12.1 Å². The van der Waals surface area contributed by atoms with Gasteiger partial charge in [-0.1, -0.05) is 0 Å². The number of aromatic nitrogens is 2. The van der Waals surface area contributed by atoms with E-state index < -0.39 is 11.6 Å². The number of halogens is 2. The fraction of sp³-hybridized carbons (Fsp3) is 0.167. The number of hydrogen-bond donors (Lipinski definition) is 3. The van der Waals surface area contributed by atoms with Crippen molar-refractivity contribution in [3.63, 3.8) is 0 Å². The van der Waals surface area contributed by atoms with E-state index in [0.29, 0.717) is 30.4 Å². The van der Waals surface area contributed by atoms with Crippen LogP contribution in [-0.4, -0.2) is 23.1 Å². The molecule has 5 nitrogen and oxygen atoms in total. The maximum atomic E-state index is 13.1. The second-order valence-corrected chi connectivity index (χ2v) is 3.76. The summed E-state index contributed by atoms with van der Waals surface area (Å²) in [5.41, 5.74) is 5.78. The second kappa shape index (κ2) is 6.05. The maximum Gasteiger partial charge on any atom is 0.160 e. The predicted molar refractivity (Wildman–Crippen MR) is 69.2 cm³/mol. The molecular weight excluding hydrogens is 252 g/mol. The molecule has 0 unspecified atom stereocenters. The van der Waals surface area contributed by atoms with Crippen LogP contribution in [0.2, 0.25) is 0 Å². The monoisotopic (exact) mass is 265 g/mol. The Kier molecular flexibility index (Phi) is 4.19. The third-order valence-corrected chi connectivity index (χ3v) is 2.31. The molecule has 2 aromatic rings. The summed E-state index contributed by atoms with van der Waals surface area (Å²) in [5, 5.41) is 5.85. The third-order valence-electron chi connectivity index (χ3n) is 2.31. The lowest BCUT2D eigenvalue weighted by Crippen LogP contribution is -2.14. The summed E-state index contributed by atoms with van der Waals surface area (Å²) < 4.78 is 25.8. The molecule has 0 fully saturated rings. The van der Waals surface area contributed by atoms with Crippen LogP contribution in [0.3, 0.4) is 0 Å². The minimum Gasteiger partial charge on any atom is -0.369 e. The van der Waals surface area contributed by atoms with Gasteiger partial charge in [-0.25, -0.2) is 18.7 Å². The summed E-state index contributed by atoms with van der Waals surface area (Å²) in [6.07, 6.45) is 1.36. The molecule has 0 bridgehead atoms. The van der Waals surface area contributed by atoms with Crippen LogP contribution in [0.15, 0.2) is 30.6 Å². The van der Waals surface area contributed by atoms with E-state index in [-0.39, 0.29) is 0 Å². The third kappa shape index (κ3) is 3.59. The first-order valence-electron chi connectivity index (χ1n) is 5.67. The van der Waals surface area contributed by atoms with E-state index in [1.54, 1.807) is 6.07 Å². The van der Waals surface area contributed by atoms with Gasteiger partial charge in [-0.15, -0.1) is 0 Å². The number of nitrogens with one attached hydrogen (secondary N) is 2. The predicted octanol–water partition coefficient (Wildman–Crippen LogP) is 1.87. The van der Waals surface area contributed by atoms with E-state index in [0.717, 1.165) is 12.1 Å². The van der Waals surface area contributed by atoms with Gasteiger partial charge in [0.1, 0.15) is 18.0 Å². The van der Waals surface area contributed by atoms with Crippen LogP contribution >= 0.6 is 0 Å². The van der Waals surface area contributed by atoms with Crippen molar-refractivity contribution in [1.29, 1.82) is 0 Å². The summed E-state index contributed by atoms with van der Waals surface area (Å²) >= 11 is 0. The van der Waals surface area contributed by atoms with E-state index in [2.05, 4.69) is 20.6 Å². The highest BCUT2D eigenvalue weighted by molar-refractivity contribution is 5.58. The Morgan fingerprint density at radius 3 is 2.58 bits per heavy atom. The Balaban J connectivity index is 2.11. The highest BCUT2D eigenvalue weighted by Crippen LogP contribution is 2.18. The van der Waals surface area contributed by atoms with E-state index >= 15 is 0 Å². The summed E-state index contributed by atoms with van der Waals surface area (Å²) in [7, 11) is 0. The van der Waals surface area contributed by atoms with Crippen molar-refractivity contribution in [3.8, 4) is 0 Å². The van der Waals surface area contributed by atoms with Crippen molar-refractivity contribution < 1.29 is 8.78 Å². The maximum absolute atomic E-state index is 13.1. The van der Waals surface area contributed by atoms with Crippen molar-refractivity contribution in [2.75, 3.05) is 23.7 Å². The first-order chi connectivity index (χ1) is 9.19. The molecule has 0 aliphatic carbocycles. The Labute approximate surface area is 108 Å². The zero-order valence-corrected chi connectivity index (χ0v) is 10.0. The zero-order chi connectivity index (χ0) is 13.7. The lowest BCUT2D eigenvalue weighted by atomic mass is 10.3. The number of rotatable bonds is 5.